The molecule has 1 aromatic carbocycles. The largest absolute Gasteiger partial charge is 0.480 e. The minimum absolute atomic E-state index is 0.360. The van der Waals surface area contributed by atoms with Crippen LogP contribution in [0, 0.1) is 0 Å². The van der Waals surface area contributed by atoms with Gasteiger partial charge in [-0.1, -0.05) is 28.1 Å². The highest BCUT2D eigenvalue weighted by atomic mass is 79.9. The highest BCUT2D eigenvalue weighted by Gasteiger charge is 2.26. The van der Waals surface area contributed by atoms with Gasteiger partial charge in [0.2, 0.25) is 0 Å². The summed E-state index contributed by atoms with van der Waals surface area (Å²) in [6.45, 7) is 2.15. The first-order valence-electron chi connectivity index (χ1n) is 5.92. The highest BCUT2D eigenvalue weighted by Crippen LogP contribution is 2.32. The Morgan fingerprint density at radius 2 is 2.28 bits per heavy atom. The number of carbonyl (C=O) groups is 1. The number of benzene rings is 1. The lowest BCUT2D eigenvalue weighted by Crippen LogP contribution is -2.41. The number of carboxylic acid groups (broad SMARTS) is 1. The molecular formula is C13H17BrN2O2. The van der Waals surface area contributed by atoms with Crippen molar-refractivity contribution in [2.45, 2.75) is 18.4 Å². The summed E-state index contributed by atoms with van der Waals surface area (Å²) >= 11 is 3.56. The van der Waals surface area contributed by atoms with E-state index < -0.39 is 12.0 Å². The number of hydrogen-bond acceptors (Lipinski definition) is 3. The summed E-state index contributed by atoms with van der Waals surface area (Å²) in [7, 11) is 2.10. The van der Waals surface area contributed by atoms with Crippen molar-refractivity contribution < 1.29 is 9.90 Å². The van der Waals surface area contributed by atoms with Crippen LogP contribution in [0.1, 0.15) is 17.0 Å². The fourth-order valence-electron chi connectivity index (χ4n) is 2.27. The highest BCUT2D eigenvalue weighted by molar-refractivity contribution is 9.10. The molecule has 3 N–H and O–H groups in total. The molecule has 18 heavy (non-hydrogen) atoms. The molecule has 1 fully saturated rings. The summed E-state index contributed by atoms with van der Waals surface area (Å²) in [5, 5.41) is 8.79. The minimum atomic E-state index is -0.962. The fourth-order valence-corrected chi connectivity index (χ4v) is 3.02. The van der Waals surface area contributed by atoms with E-state index in [1.54, 1.807) is 0 Å². The van der Waals surface area contributed by atoms with Crippen molar-refractivity contribution in [2.24, 2.45) is 5.73 Å². The second-order valence-electron chi connectivity index (χ2n) is 4.92. The summed E-state index contributed by atoms with van der Waals surface area (Å²) in [4.78, 5) is 13.0. The Morgan fingerprint density at radius 1 is 1.61 bits per heavy atom. The van der Waals surface area contributed by atoms with Gasteiger partial charge in [-0.25, -0.2) is 0 Å². The summed E-state index contributed by atoms with van der Waals surface area (Å²) < 4.78 is 1.05. The first kappa shape index (κ1) is 13.5. The molecule has 1 aromatic rings. The van der Waals surface area contributed by atoms with Crippen LogP contribution in [-0.4, -0.2) is 42.2 Å². The summed E-state index contributed by atoms with van der Waals surface area (Å²) in [6, 6.07) is 5.20. The Hall–Kier alpha value is -0.910. The Balaban J connectivity index is 2.07. The lowest BCUT2D eigenvalue weighted by molar-refractivity contribution is -0.138. The van der Waals surface area contributed by atoms with Crippen molar-refractivity contribution in [3.63, 3.8) is 0 Å². The van der Waals surface area contributed by atoms with Crippen molar-refractivity contribution in [3.05, 3.63) is 33.8 Å². The normalized spacial score (nSPS) is 18.4. The molecule has 1 aliphatic rings. The second-order valence-corrected chi connectivity index (χ2v) is 5.78. The SMILES string of the molecule is CN1CC(c2ccc(CC(N)C(=O)O)cc2Br)C1. The minimum Gasteiger partial charge on any atom is -0.480 e. The Bertz CT molecular complexity index is 458. The molecule has 0 aliphatic carbocycles. The monoisotopic (exact) mass is 312 g/mol. The maximum absolute atomic E-state index is 10.7. The molecule has 1 unspecified atom stereocenters. The third-order valence-corrected chi connectivity index (χ3v) is 4.03. The summed E-state index contributed by atoms with van der Waals surface area (Å²) in [5.74, 6) is -0.387. The number of aliphatic carboxylic acids is 1. The van der Waals surface area contributed by atoms with Crippen LogP contribution in [-0.2, 0) is 11.2 Å². The van der Waals surface area contributed by atoms with E-state index in [9.17, 15) is 4.79 Å². The maximum Gasteiger partial charge on any atom is 0.320 e. The van der Waals surface area contributed by atoms with Crippen LogP contribution in [0.5, 0.6) is 0 Å². The van der Waals surface area contributed by atoms with E-state index >= 15 is 0 Å². The van der Waals surface area contributed by atoms with Gasteiger partial charge in [0.25, 0.3) is 0 Å². The molecule has 0 amide bonds. The van der Waals surface area contributed by atoms with Crippen LogP contribution in [0.15, 0.2) is 22.7 Å². The van der Waals surface area contributed by atoms with Gasteiger partial charge in [0.1, 0.15) is 6.04 Å². The van der Waals surface area contributed by atoms with Crippen LogP contribution >= 0.6 is 15.9 Å². The predicted molar refractivity (Wildman–Crippen MR) is 73.7 cm³/mol. The molecule has 0 aromatic heterocycles. The van der Waals surface area contributed by atoms with E-state index in [-0.39, 0.29) is 0 Å². The lowest BCUT2D eigenvalue weighted by atomic mass is 9.91. The van der Waals surface area contributed by atoms with Crippen molar-refractivity contribution in [3.8, 4) is 0 Å². The molecular weight excluding hydrogens is 296 g/mol. The smallest absolute Gasteiger partial charge is 0.320 e. The van der Waals surface area contributed by atoms with Crippen LogP contribution in [0.25, 0.3) is 0 Å². The first-order valence-corrected chi connectivity index (χ1v) is 6.72. The van der Waals surface area contributed by atoms with E-state index in [2.05, 4.69) is 33.9 Å². The third-order valence-electron chi connectivity index (χ3n) is 3.34. The van der Waals surface area contributed by atoms with Crippen LogP contribution in [0.3, 0.4) is 0 Å². The Kier molecular flexibility index (Phi) is 4.04. The molecule has 2 rings (SSSR count). The fraction of sp³-hybridized carbons (Fsp3) is 0.462. The topological polar surface area (TPSA) is 66.6 Å². The van der Waals surface area contributed by atoms with Gasteiger partial charge in [-0.2, -0.15) is 0 Å². The standard InChI is InChI=1S/C13H17BrN2O2/c1-16-6-9(7-16)10-3-2-8(4-11(10)14)5-12(15)13(17)18/h2-4,9,12H,5-7,15H2,1H3,(H,17,18). The molecule has 0 radical (unpaired) electrons. The van der Waals surface area contributed by atoms with Crippen LogP contribution in [0.4, 0.5) is 0 Å². The maximum atomic E-state index is 10.7. The quantitative estimate of drug-likeness (QED) is 0.882. The zero-order chi connectivity index (χ0) is 13.3. The number of halogens is 1. The number of hydrogen-bond donors (Lipinski definition) is 2. The molecule has 1 atom stereocenters. The van der Waals surface area contributed by atoms with Gasteiger partial charge in [0, 0.05) is 23.5 Å². The lowest BCUT2D eigenvalue weighted by Gasteiger charge is -2.37. The van der Waals surface area contributed by atoms with Crippen molar-refractivity contribution in [1.29, 1.82) is 0 Å². The molecule has 4 nitrogen and oxygen atoms in total. The van der Waals surface area contributed by atoms with Gasteiger partial charge in [0.05, 0.1) is 0 Å². The van der Waals surface area contributed by atoms with Gasteiger partial charge >= 0.3 is 5.97 Å². The van der Waals surface area contributed by atoms with Gasteiger partial charge < -0.3 is 15.7 Å². The van der Waals surface area contributed by atoms with Crippen molar-refractivity contribution in [2.75, 3.05) is 20.1 Å². The third kappa shape index (κ3) is 2.91. The van der Waals surface area contributed by atoms with Crippen LogP contribution in [0.2, 0.25) is 0 Å². The zero-order valence-corrected chi connectivity index (χ0v) is 11.9. The molecule has 1 heterocycles. The molecule has 1 saturated heterocycles. The molecule has 0 saturated carbocycles. The molecule has 1 aliphatic heterocycles. The summed E-state index contributed by atoms with van der Waals surface area (Å²) in [6.07, 6.45) is 0.360. The van der Waals surface area contributed by atoms with E-state index in [4.69, 9.17) is 10.8 Å². The van der Waals surface area contributed by atoms with E-state index in [0.29, 0.717) is 12.3 Å². The molecule has 0 bridgehead atoms. The molecule has 0 spiro atoms. The Morgan fingerprint density at radius 3 is 2.78 bits per heavy atom. The van der Waals surface area contributed by atoms with E-state index in [1.165, 1.54) is 5.56 Å². The number of likely N-dealkylation sites (N-methyl/N-ethyl adjacent to an activating group) is 1. The molecule has 5 heteroatoms. The number of nitrogens with two attached hydrogens (primary N) is 1. The zero-order valence-electron chi connectivity index (χ0n) is 10.3. The number of carboxylic acids is 1. The number of nitrogens with zero attached hydrogens (tertiary/aromatic N) is 1. The van der Waals surface area contributed by atoms with Crippen LogP contribution < -0.4 is 5.73 Å². The van der Waals surface area contributed by atoms with E-state index in [0.717, 1.165) is 23.1 Å². The van der Waals surface area contributed by atoms with Gasteiger partial charge in [-0.15, -0.1) is 0 Å². The average molecular weight is 313 g/mol. The van der Waals surface area contributed by atoms with Gasteiger partial charge in [-0.3, -0.25) is 4.79 Å². The van der Waals surface area contributed by atoms with Gasteiger partial charge in [-0.05, 0) is 30.7 Å². The first-order chi connectivity index (χ1) is 8.47. The molecule has 98 valence electrons. The Labute approximate surface area is 115 Å². The number of rotatable bonds is 4. The predicted octanol–water partition coefficient (Wildman–Crippen LogP) is 1.43. The average Bonchev–Trinajstić information content (AvgIpc) is 2.25. The number of likely N-dealkylation sites (tertiary alicyclic amines) is 1. The second kappa shape index (κ2) is 5.38. The summed E-state index contributed by atoms with van der Waals surface area (Å²) in [5.41, 5.74) is 7.77. The van der Waals surface area contributed by atoms with E-state index in [1.807, 2.05) is 12.1 Å². The van der Waals surface area contributed by atoms with Crippen molar-refractivity contribution >= 4 is 21.9 Å². The van der Waals surface area contributed by atoms with Gasteiger partial charge in [0.15, 0.2) is 0 Å². The van der Waals surface area contributed by atoms with Crippen molar-refractivity contribution in [1.82, 2.24) is 4.90 Å².